The Morgan fingerprint density at radius 3 is 2.95 bits per heavy atom. The highest BCUT2D eigenvalue weighted by Gasteiger charge is 2.29. The number of aromatic amines is 1. The van der Waals surface area contributed by atoms with Crippen molar-refractivity contribution in [2.45, 2.75) is 25.2 Å². The molecule has 0 spiro atoms. The zero-order valence-corrected chi connectivity index (χ0v) is 11.7. The number of benzene rings is 1. The molecule has 3 rings (SSSR count). The van der Waals surface area contributed by atoms with Crippen LogP contribution in [-0.2, 0) is 11.2 Å². The summed E-state index contributed by atoms with van der Waals surface area (Å²) in [6, 6.07) is 8.31. The second-order valence-electron chi connectivity index (χ2n) is 4.87. The van der Waals surface area contributed by atoms with Crippen LogP contribution in [0.15, 0.2) is 24.3 Å². The Balaban J connectivity index is 2.06. The molecule has 100 valence electrons. The van der Waals surface area contributed by atoms with Crippen LogP contribution in [-0.4, -0.2) is 28.5 Å². The number of ether oxygens (including phenoxy) is 1. The van der Waals surface area contributed by atoms with Crippen LogP contribution in [0.1, 0.15) is 30.1 Å². The summed E-state index contributed by atoms with van der Waals surface area (Å²) in [7, 11) is 1.72. The van der Waals surface area contributed by atoms with Gasteiger partial charge in [-0.15, -0.1) is 0 Å². The Bertz CT molecular complexity index is 628. The lowest BCUT2D eigenvalue weighted by atomic mass is 10.1. The second-order valence-corrected chi connectivity index (χ2v) is 5.25. The van der Waals surface area contributed by atoms with E-state index in [9.17, 15) is 0 Å². The Labute approximate surface area is 117 Å². The van der Waals surface area contributed by atoms with Gasteiger partial charge in [-0.2, -0.15) is 5.10 Å². The topological polar surface area (TPSA) is 42.8 Å². The lowest BCUT2D eigenvalue weighted by Crippen LogP contribution is -2.06. The number of hydrogen-bond donors (Lipinski definition) is 1. The van der Waals surface area contributed by atoms with Gasteiger partial charge in [-0.1, -0.05) is 18.2 Å². The third kappa shape index (κ3) is 2.48. The molecule has 4 nitrogen and oxygen atoms in total. The minimum Gasteiger partial charge on any atom is -0.384 e. The van der Waals surface area contributed by atoms with Gasteiger partial charge in [0.1, 0.15) is 5.82 Å². The third-order valence-electron chi connectivity index (χ3n) is 3.45. The van der Waals surface area contributed by atoms with Crippen LogP contribution < -0.4 is 0 Å². The molecule has 0 atom stereocenters. The maximum Gasteiger partial charge on any atom is 0.199 e. The van der Waals surface area contributed by atoms with Crippen molar-refractivity contribution in [2.24, 2.45) is 0 Å². The molecule has 1 saturated carbocycles. The molecule has 0 amide bonds. The minimum atomic E-state index is 0.559. The number of para-hydroxylation sites is 1. The molecule has 1 N–H and O–H groups in total. The summed E-state index contributed by atoms with van der Waals surface area (Å²) in [6.07, 6.45) is 3.30. The van der Waals surface area contributed by atoms with E-state index in [1.54, 1.807) is 7.11 Å². The van der Waals surface area contributed by atoms with Crippen molar-refractivity contribution >= 4 is 12.2 Å². The fourth-order valence-corrected chi connectivity index (χ4v) is 2.55. The molecule has 1 aromatic carbocycles. The van der Waals surface area contributed by atoms with Gasteiger partial charge in [-0.3, -0.25) is 9.67 Å². The first-order chi connectivity index (χ1) is 9.31. The van der Waals surface area contributed by atoms with Crippen LogP contribution in [0.25, 0.3) is 5.69 Å². The van der Waals surface area contributed by atoms with E-state index in [0.717, 1.165) is 17.9 Å². The highest BCUT2D eigenvalue weighted by molar-refractivity contribution is 7.71. The SMILES string of the molecule is COCCc1ccccc1-n1c(C2CC2)n[nH]c1=S. The van der Waals surface area contributed by atoms with E-state index in [1.165, 1.54) is 18.4 Å². The molecule has 1 fully saturated rings. The summed E-state index contributed by atoms with van der Waals surface area (Å²) in [5.41, 5.74) is 2.36. The molecule has 2 aromatic rings. The van der Waals surface area contributed by atoms with Crippen molar-refractivity contribution in [3.8, 4) is 5.69 Å². The van der Waals surface area contributed by atoms with E-state index in [0.29, 0.717) is 17.3 Å². The van der Waals surface area contributed by atoms with Gasteiger partial charge in [-0.05, 0) is 43.1 Å². The predicted octanol–water partition coefficient (Wildman–Crippen LogP) is 3.00. The molecule has 0 bridgehead atoms. The van der Waals surface area contributed by atoms with E-state index in [2.05, 4.69) is 33.0 Å². The van der Waals surface area contributed by atoms with Crippen molar-refractivity contribution < 1.29 is 4.74 Å². The molecule has 0 saturated heterocycles. The maximum absolute atomic E-state index is 5.39. The van der Waals surface area contributed by atoms with E-state index in [4.69, 9.17) is 17.0 Å². The van der Waals surface area contributed by atoms with E-state index in [-0.39, 0.29) is 0 Å². The molecule has 0 aliphatic heterocycles. The molecule has 0 radical (unpaired) electrons. The van der Waals surface area contributed by atoms with E-state index in [1.807, 2.05) is 6.07 Å². The molecule has 19 heavy (non-hydrogen) atoms. The van der Waals surface area contributed by atoms with Crippen molar-refractivity contribution in [1.82, 2.24) is 14.8 Å². The number of rotatable bonds is 5. The number of nitrogens with zero attached hydrogens (tertiary/aromatic N) is 2. The smallest absolute Gasteiger partial charge is 0.199 e. The van der Waals surface area contributed by atoms with E-state index >= 15 is 0 Å². The standard InChI is InChI=1S/C14H17N3OS/c1-18-9-8-10-4-2-3-5-12(10)17-13(11-6-7-11)15-16-14(17)19/h2-5,11H,6-9H2,1H3,(H,16,19). The molecule has 1 aromatic heterocycles. The van der Waals surface area contributed by atoms with Gasteiger partial charge in [0.25, 0.3) is 0 Å². The monoisotopic (exact) mass is 275 g/mol. The van der Waals surface area contributed by atoms with Gasteiger partial charge in [-0.25, -0.2) is 0 Å². The van der Waals surface area contributed by atoms with Crippen LogP contribution in [0, 0.1) is 4.77 Å². The zero-order valence-electron chi connectivity index (χ0n) is 10.9. The number of nitrogens with one attached hydrogen (secondary N) is 1. The van der Waals surface area contributed by atoms with Crippen molar-refractivity contribution in [3.63, 3.8) is 0 Å². The third-order valence-corrected chi connectivity index (χ3v) is 3.72. The first kappa shape index (κ1) is 12.6. The number of methoxy groups -OCH3 is 1. The second kappa shape index (κ2) is 5.27. The van der Waals surface area contributed by atoms with Crippen LogP contribution in [0.3, 0.4) is 0 Å². The molecule has 1 heterocycles. The minimum absolute atomic E-state index is 0.559. The largest absolute Gasteiger partial charge is 0.384 e. The first-order valence-electron chi connectivity index (χ1n) is 6.56. The molecular formula is C14H17N3OS. The van der Waals surface area contributed by atoms with Crippen molar-refractivity contribution in [2.75, 3.05) is 13.7 Å². The first-order valence-corrected chi connectivity index (χ1v) is 6.96. The molecule has 0 unspecified atom stereocenters. The average Bonchev–Trinajstić information content (AvgIpc) is 3.20. The normalized spacial score (nSPS) is 14.8. The van der Waals surface area contributed by atoms with Crippen LogP contribution in [0.2, 0.25) is 0 Å². The summed E-state index contributed by atoms with van der Waals surface area (Å²) in [4.78, 5) is 0. The predicted molar refractivity (Wildman–Crippen MR) is 76.3 cm³/mol. The average molecular weight is 275 g/mol. The van der Waals surface area contributed by atoms with Crippen LogP contribution in [0.4, 0.5) is 0 Å². The van der Waals surface area contributed by atoms with Crippen LogP contribution >= 0.6 is 12.2 Å². The highest BCUT2D eigenvalue weighted by Crippen LogP contribution is 2.40. The quantitative estimate of drug-likeness (QED) is 0.853. The Morgan fingerprint density at radius 2 is 2.21 bits per heavy atom. The summed E-state index contributed by atoms with van der Waals surface area (Å²) in [6.45, 7) is 0.709. The fraction of sp³-hybridized carbons (Fsp3) is 0.429. The Hall–Kier alpha value is -1.46. The molecular weight excluding hydrogens is 258 g/mol. The van der Waals surface area contributed by atoms with Crippen molar-refractivity contribution in [3.05, 3.63) is 40.4 Å². The molecule has 1 aliphatic rings. The molecule has 1 aliphatic carbocycles. The van der Waals surface area contributed by atoms with Gasteiger partial charge < -0.3 is 4.74 Å². The van der Waals surface area contributed by atoms with E-state index < -0.39 is 0 Å². The fourth-order valence-electron chi connectivity index (χ4n) is 2.31. The molecule has 5 heteroatoms. The Kier molecular flexibility index (Phi) is 3.48. The number of H-pyrrole nitrogens is 1. The Morgan fingerprint density at radius 1 is 1.42 bits per heavy atom. The van der Waals surface area contributed by atoms with Gasteiger partial charge >= 0.3 is 0 Å². The van der Waals surface area contributed by atoms with Crippen molar-refractivity contribution in [1.29, 1.82) is 0 Å². The van der Waals surface area contributed by atoms with Gasteiger partial charge in [0.05, 0.1) is 12.3 Å². The van der Waals surface area contributed by atoms with Crippen LogP contribution in [0.5, 0.6) is 0 Å². The van der Waals surface area contributed by atoms with Gasteiger partial charge in [0.2, 0.25) is 0 Å². The summed E-state index contributed by atoms with van der Waals surface area (Å²) in [5.74, 6) is 1.62. The summed E-state index contributed by atoms with van der Waals surface area (Å²) in [5, 5.41) is 7.31. The number of hydrogen-bond acceptors (Lipinski definition) is 3. The maximum atomic E-state index is 5.39. The highest BCUT2D eigenvalue weighted by atomic mass is 32.1. The lowest BCUT2D eigenvalue weighted by molar-refractivity contribution is 0.202. The summed E-state index contributed by atoms with van der Waals surface area (Å²) >= 11 is 5.39. The van der Waals surface area contributed by atoms with Gasteiger partial charge in [0, 0.05) is 13.0 Å². The zero-order chi connectivity index (χ0) is 13.2. The summed E-state index contributed by atoms with van der Waals surface area (Å²) < 4.78 is 7.93. The lowest BCUT2D eigenvalue weighted by Gasteiger charge is -2.11. The number of aromatic nitrogens is 3. The van der Waals surface area contributed by atoms with Gasteiger partial charge in [0.15, 0.2) is 4.77 Å².